The van der Waals surface area contributed by atoms with Crippen molar-refractivity contribution in [3.8, 4) is 0 Å². The summed E-state index contributed by atoms with van der Waals surface area (Å²) in [5.41, 5.74) is 3.83. The van der Waals surface area contributed by atoms with Crippen LogP contribution in [-0.4, -0.2) is 25.4 Å². The Morgan fingerprint density at radius 3 is 2.56 bits per heavy atom. The van der Waals surface area contributed by atoms with Gasteiger partial charge in [0.15, 0.2) is 0 Å². The number of hydrogen-bond donors (Lipinski definition) is 2. The zero-order chi connectivity index (χ0) is 12.8. The lowest BCUT2D eigenvalue weighted by molar-refractivity contribution is -0.128. The van der Waals surface area contributed by atoms with Crippen LogP contribution in [0, 0.1) is 0 Å². The van der Waals surface area contributed by atoms with E-state index in [1.807, 2.05) is 25.1 Å². The van der Waals surface area contributed by atoms with Gasteiger partial charge in [-0.1, -0.05) is 30.3 Å². The van der Waals surface area contributed by atoms with Crippen LogP contribution in [0.5, 0.6) is 0 Å². The van der Waals surface area contributed by atoms with Gasteiger partial charge < -0.3 is 9.47 Å². The Balaban J connectivity index is 2.27. The van der Waals surface area contributed by atoms with Crippen LogP contribution in [0.15, 0.2) is 30.3 Å². The molecule has 0 aliphatic carbocycles. The number of hydrazine groups is 1. The molecule has 0 radical (unpaired) electrons. The standard InChI is InChI=1S/C14H22N2O2/c1-2-18-14(8-10-17-11-9-14)13(16-15)12-6-4-3-5-7-12/h3-7,13,16H,2,8-11,15H2,1H3. The summed E-state index contributed by atoms with van der Waals surface area (Å²) in [5.74, 6) is 5.78. The third-order valence-corrected chi connectivity index (χ3v) is 3.60. The normalized spacial score (nSPS) is 20.6. The molecule has 0 spiro atoms. The Labute approximate surface area is 108 Å². The number of nitrogens with one attached hydrogen (secondary N) is 1. The molecule has 1 heterocycles. The molecular formula is C14H22N2O2. The molecule has 4 heteroatoms. The second-order valence-corrected chi connectivity index (χ2v) is 4.62. The van der Waals surface area contributed by atoms with Crippen LogP contribution >= 0.6 is 0 Å². The fourth-order valence-electron chi connectivity index (χ4n) is 2.72. The van der Waals surface area contributed by atoms with Gasteiger partial charge in [0.05, 0.1) is 11.6 Å². The molecule has 0 aromatic heterocycles. The van der Waals surface area contributed by atoms with Gasteiger partial charge in [-0.25, -0.2) is 0 Å². The molecule has 1 unspecified atom stereocenters. The van der Waals surface area contributed by atoms with Crippen molar-refractivity contribution in [2.45, 2.75) is 31.4 Å². The fourth-order valence-corrected chi connectivity index (χ4v) is 2.72. The SMILES string of the molecule is CCOC1(C(NN)c2ccccc2)CCOCC1. The first-order valence-electron chi connectivity index (χ1n) is 6.55. The predicted molar refractivity (Wildman–Crippen MR) is 70.9 cm³/mol. The van der Waals surface area contributed by atoms with Crippen LogP contribution in [0.25, 0.3) is 0 Å². The van der Waals surface area contributed by atoms with Crippen molar-refractivity contribution in [1.82, 2.24) is 5.43 Å². The Morgan fingerprint density at radius 1 is 1.33 bits per heavy atom. The van der Waals surface area contributed by atoms with Crippen LogP contribution in [0.4, 0.5) is 0 Å². The lowest BCUT2D eigenvalue weighted by Crippen LogP contribution is -2.51. The van der Waals surface area contributed by atoms with E-state index in [0.717, 1.165) is 31.6 Å². The average Bonchev–Trinajstić information content (AvgIpc) is 2.42. The molecule has 1 saturated heterocycles. The molecule has 0 saturated carbocycles. The highest BCUT2D eigenvalue weighted by Crippen LogP contribution is 2.37. The topological polar surface area (TPSA) is 56.5 Å². The fraction of sp³-hybridized carbons (Fsp3) is 0.571. The van der Waals surface area contributed by atoms with Crippen molar-refractivity contribution < 1.29 is 9.47 Å². The zero-order valence-corrected chi connectivity index (χ0v) is 10.9. The molecule has 1 aliphatic rings. The van der Waals surface area contributed by atoms with Crippen LogP contribution in [0.3, 0.4) is 0 Å². The molecule has 1 aliphatic heterocycles. The summed E-state index contributed by atoms with van der Waals surface area (Å²) < 4.78 is 11.5. The number of nitrogens with two attached hydrogens (primary N) is 1. The van der Waals surface area contributed by atoms with Gasteiger partial charge in [0.2, 0.25) is 0 Å². The monoisotopic (exact) mass is 250 g/mol. The lowest BCUT2D eigenvalue weighted by atomic mass is 9.82. The Kier molecular flexibility index (Phi) is 4.72. The van der Waals surface area contributed by atoms with Gasteiger partial charge >= 0.3 is 0 Å². The van der Waals surface area contributed by atoms with E-state index in [0.29, 0.717) is 6.61 Å². The van der Waals surface area contributed by atoms with Gasteiger partial charge in [-0.2, -0.15) is 0 Å². The van der Waals surface area contributed by atoms with Gasteiger partial charge in [0.25, 0.3) is 0 Å². The van der Waals surface area contributed by atoms with E-state index < -0.39 is 0 Å². The summed E-state index contributed by atoms with van der Waals surface area (Å²) in [6.07, 6.45) is 1.73. The van der Waals surface area contributed by atoms with Crippen molar-refractivity contribution in [2.24, 2.45) is 5.84 Å². The minimum atomic E-state index is -0.261. The van der Waals surface area contributed by atoms with E-state index in [2.05, 4.69) is 17.6 Å². The molecule has 0 bridgehead atoms. The highest BCUT2D eigenvalue weighted by Gasteiger charge is 2.41. The minimum Gasteiger partial charge on any atom is -0.381 e. The summed E-state index contributed by atoms with van der Waals surface area (Å²) in [5, 5.41) is 0. The third kappa shape index (κ3) is 2.72. The van der Waals surface area contributed by atoms with Gasteiger partial charge in [0.1, 0.15) is 0 Å². The molecule has 4 nitrogen and oxygen atoms in total. The summed E-state index contributed by atoms with van der Waals surface area (Å²) in [7, 11) is 0. The zero-order valence-electron chi connectivity index (χ0n) is 10.9. The first-order chi connectivity index (χ1) is 8.82. The molecular weight excluding hydrogens is 228 g/mol. The number of rotatable bonds is 5. The molecule has 100 valence electrons. The van der Waals surface area contributed by atoms with Gasteiger partial charge in [-0.05, 0) is 12.5 Å². The van der Waals surface area contributed by atoms with E-state index in [4.69, 9.17) is 15.3 Å². The van der Waals surface area contributed by atoms with Crippen molar-refractivity contribution in [2.75, 3.05) is 19.8 Å². The molecule has 0 amide bonds. The molecule has 18 heavy (non-hydrogen) atoms. The second kappa shape index (κ2) is 6.29. The van der Waals surface area contributed by atoms with Crippen molar-refractivity contribution >= 4 is 0 Å². The molecule has 1 aromatic carbocycles. The maximum atomic E-state index is 6.06. The minimum absolute atomic E-state index is 0.00236. The number of hydrogen-bond acceptors (Lipinski definition) is 4. The molecule has 2 rings (SSSR count). The predicted octanol–water partition coefficient (Wildman–Crippen LogP) is 1.78. The van der Waals surface area contributed by atoms with Gasteiger partial charge in [-0.15, -0.1) is 0 Å². The highest BCUT2D eigenvalue weighted by molar-refractivity contribution is 5.22. The molecule has 3 N–H and O–H groups in total. The largest absolute Gasteiger partial charge is 0.381 e. The molecule has 1 fully saturated rings. The van der Waals surface area contributed by atoms with E-state index >= 15 is 0 Å². The first kappa shape index (κ1) is 13.5. The Morgan fingerprint density at radius 2 is 2.00 bits per heavy atom. The van der Waals surface area contributed by atoms with E-state index in [-0.39, 0.29) is 11.6 Å². The van der Waals surface area contributed by atoms with Gasteiger partial charge in [0, 0.05) is 32.7 Å². The Bertz CT molecular complexity index is 345. The van der Waals surface area contributed by atoms with Crippen LogP contribution in [0.1, 0.15) is 31.4 Å². The average molecular weight is 250 g/mol. The van der Waals surface area contributed by atoms with Crippen LogP contribution in [-0.2, 0) is 9.47 Å². The highest BCUT2D eigenvalue weighted by atomic mass is 16.5. The van der Waals surface area contributed by atoms with E-state index in [1.165, 1.54) is 0 Å². The van der Waals surface area contributed by atoms with Crippen molar-refractivity contribution in [3.63, 3.8) is 0 Å². The summed E-state index contributed by atoms with van der Waals surface area (Å²) in [6, 6.07) is 10.2. The third-order valence-electron chi connectivity index (χ3n) is 3.60. The quantitative estimate of drug-likeness (QED) is 0.618. The summed E-state index contributed by atoms with van der Waals surface area (Å²) >= 11 is 0. The van der Waals surface area contributed by atoms with Gasteiger partial charge in [-0.3, -0.25) is 11.3 Å². The smallest absolute Gasteiger partial charge is 0.0932 e. The maximum Gasteiger partial charge on any atom is 0.0932 e. The summed E-state index contributed by atoms with van der Waals surface area (Å²) in [4.78, 5) is 0. The van der Waals surface area contributed by atoms with Crippen molar-refractivity contribution in [3.05, 3.63) is 35.9 Å². The Hall–Kier alpha value is -0.940. The summed E-state index contributed by atoms with van der Waals surface area (Å²) in [6.45, 7) is 4.16. The van der Waals surface area contributed by atoms with Crippen LogP contribution in [0.2, 0.25) is 0 Å². The maximum absolute atomic E-state index is 6.06. The number of benzene rings is 1. The van der Waals surface area contributed by atoms with E-state index in [1.54, 1.807) is 0 Å². The lowest BCUT2D eigenvalue weighted by Gasteiger charge is -2.43. The molecule has 1 atom stereocenters. The van der Waals surface area contributed by atoms with Crippen LogP contribution < -0.4 is 11.3 Å². The first-order valence-corrected chi connectivity index (χ1v) is 6.55. The molecule has 1 aromatic rings. The second-order valence-electron chi connectivity index (χ2n) is 4.62. The van der Waals surface area contributed by atoms with Crippen molar-refractivity contribution in [1.29, 1.82) is 0 Å². The van der Waals surface area contributed by atoms with E-state index in [9.17, 15) is 0 Å². The number of ether oxygens (including phenoxy) is 2.